The molecule has 5 nitrogen and oxygen atoms in total. The fourth-order valence-electron chi connectivity index (χ4n) is 2.59. The molecule has 1 aliphatic carbocycles. The van der Waals surface area contributed by atoms with Crippen LogP contribution in [-0.4, -0.2) is 29.1 Å². The minimum Gasteiger partial charge on any atom is -0.351 e. The second-order valence-corrected chi connectivity index (χ2v) is 5.39. The highest BCUT2D eigenvalue weighted by atomic mass is 16.1. The first-order valence-corrected chi connectivity index (χ1v) is 7.08. The highest BCUT2D eigenvalue weighted by Crippen LogP contribution is 2.38. The number of likely N-dealkylation sites (N-methyl/N-ethyl adjacent to an activating group) is 1. The summed E-state index contributed by atoms with van der Waals surface area (Å²) in [5, 5.41) is 5.72. The molecule has 0 atom stereocenters. The molecule has 1 aromatic carbocycles. The van der Waals surface area contributed by atoms with Crippen LogP contribution in [0.5, 0.6) is 0 Å². The Morgan fingerprint density at radius 2 is 2.25 bits per heavy atom. The van der Waals surface area contributed by atoms with Gasteiger partial charge in [-0.25, -0.2) is 4.98 Å². The molecule has 1 amide bonds. The van der Waals surface area contributed by atoms with E-state index in [0.717, 1.165) is 16.9 Å². The third kappa shape index (κ3) is 2.54. The molecule has 1 saturated carbocycles. The molecule has 2 N–H and O–H groups in total. The molecule has 0 unspecified atom stereocenters. The van der Waals surface area contributed by atoms with Crippen LogP contribution in [0.25, 0.3) is 11.0 Å². The van der Waals surface area contributed by atoms with Gasteiger partial charge in [0.05, 0.1) is 17.6 Å². The van der Waals surface area contributed by atoms with E-state index in [1.807, 2.05) is 0 Å². The van der Waals surface area contributed by atoms with Gasteiger partial charge in [0.2, 0.25) is 5.91 Å². The molecule has 0 saturated heterocycles. The smallest absolute Gasteiger partial charge is 0.234 e. The van der Waals surface area contributed by atoms with E-state index in [9.17, 15) is 4.79 Å². The Balaban J connectivity index is 1.79. The van der Waals surface area contributed by atoms with Gasteiger partial charge >= 0.3 is 0 Å². The van der Waals surface area contributed by atoms with Crippen LogP contribution in [0.1, 0.15) is 30.3 Å². The van der Waals surface area contributed by atoms with Crippen LogP contribution >= 0.6 is 0 Å². The molecule has 0 radical (unpaired) electrons. The Labute approximate surface area is 118 Å². The van der Waals surface area contributed by atoms with Crippen molar-refractivity contribution in [2.75, 3.05) is 13.6 Å². The number of aryl methyl sites for hydroxylation is 1. The zero-order valence-corrected chi connectivity index (χ0v) is 11.9. The summed E-state index contributed by atoms with van der Waals surface area (Å²) >= 11 is 0. The topological polar surface area (TPSA) is 59.0 Å². The second kappa shape index (κ2) is 5.25. The van der Waals surface area contributed by atoms with Crippen molar-refractivity contribution >= 4 is 16.9 Å². The lowest BCUT2D eigenvalue weighted by atomic mass is 10.2. The Hall–Kier alpha value is -1.88. The third-order valence-electron chi connectivity index (χ3n) is 3.67. The molecule has 20 heavy (non-hydrogen) atoms. The summed E-state index contributed by atoms with van der Waals surface area (Å²) in [5.41, 5.74) is 3.31. The normalized spacial score (nSPS) is 14.7. The lowest BCUT2D eigenvalue weighted by Crippen LogP contribution is -2.31. The van der Waals surface area contributed by atoms with Crippen molar-refractivity contribution in [3.05, 3.63) is 29.6 Å². The average Bonchev–Trinajstić information content (AvgIpc) is 3.19. The summed E-state index contributed by atoms with van der Waals surface area (Å²) in [6.45, 7) is 2.95. The lowest BCUT2D eigenvalue weighted by Gasteiger charge is -2.06. The van der Waals surface area contributed by atoms with Gasteiger partial charge in [-0.15, -0.1) is 0 Å². The monoisotopic (exact) mass is 272 g/mol. The van der Waals surface area contributed by atoms with E-state index in [1.165, 1.54) is 18.4 Å². The van der Waals surface area contributed by atoms with E-state index in [4.69, 9.17) is 0 Å². The molecule has 0 spiro atoms. The highest BCUT2D eigenvalue weighted by Gasteiger charge is 2.26. The number of carbonyl (C=O) groups excluding carboxylic acids is 1. The maximum atomic E-state index is 11.4. The summed E-state index contributed by atoms with van der Waals surface area (Å²) in [6, 6.07) is 6.90. The predicted octanol–water partition coefficient (Wildman–Crippen LogP) is 1.52. The predicted molar refractivity (Wildman–Crippen MR) is 78.5 cm³/mol. The minimum absolute atomic E-state index is 0.00675. The Kier molecular flexibility index (Phi) is 3.44. The first-order valence-electron chi connectivity index (χ1n) is 7.08. The first-order chi connectivity index (χ1) is 9.69. The molecule has 5 heteroatoms. The number of hydrogen-bond acceptors (Lipinski definition) is 3. The van der Waals surface area contributed by atoms with E-state index < -0.39 is 0 Å². The minimum atomic E-state index is 0.00675. The Morgan fingerprint density at radius 1 is 1.45 bits per heavy atom. The molecule has 106 valence electrons. The van der Waals surface area contributed by atoms with Crippen LogP contribution in [0.2, 0.25) is 0 Å². The van der Waals surface area contributed by atoms with Crippen molar-refractivity contribution in [3.63, 3.8) is 0 Å². The van der Waals surface area contributed by atoms with Crippen molar-refractivity contribution < 1.29 is 4.79 Å². The molecule has 0 aliphatic heterocycles. The largest absolute Gasteiger partial charge is 0.351 e. The number of imidazole rings is 1. The van der Waals surface area contributed by atoms with E-state index >= 15 is 0 Å². The number of benzene rings is 1. The quantitative estimate of drug-likeness (QED) is 0.867. The molecule has 1 aliphatic rings. The van der Waals surface area contributed by atoms with Gasteiger partial charge in [-0.2, -0.15) is 0 Å². The third-order valence-corrected chi connectivity index (χ3v) is 3.67. The number of rotatable bonds is 5. The maximum absolute atomic E-state index is 11.4. The standard InChI is InChI=1S/C15H20N4O/c1-10-18-13-7-11(8-17-15(20)9-16-2)3-6-14(13)19(10)12-4-5-12/h3,6-7,12,16H,4-5,8-9H2,1-2H3,(H,17,20). The van der Waals surface area contributed by atoms with Gasteiger partial charge in [0.25, 0.3) is 0 Å². The van der Waals surface area contributed by atoms with Gasteiger partial charge in [-0.05, 0) is 44.5 Å². The van der Waals surface area contributed by atoms with Crippen molar-refractivity contribution in [2.24, 2.45) is 0 Å². The number of aromatic nitrogens is 2. The molecular formula is C15H20N4O. The van der Waals surface area contributed by atoms with Crippen LogP contribution in [0.4, 0.5) is 0 Å². The second-order valence-electron chi connectivity index (χ2n) is 5.39. The molecular weight excluding hydrogens is 252 g/mol. The number of nitrogens with zero attached hydrogens (tertiary/aromatic N) is 2. The van der Waals surface area contributed by atoms with Crippen LogP contribution in [0.15, 0.2) is 18.2 Å². The van der Waals surface area contributed by atoms with Gasteiger partial charge in [-0.1, -0.05) is 6.07 Å². The van der Waals surface area contributed by atoms with E-state index in [-0.39, 0.29) is 5.91 Å². The average molecular weight is 272 g/mol. The van der Waals surface area contributed by atoms with Crippen molar-refractivity contribution in [1.29, 1.82) is 0 Å². The SMILES string of the molecule is CNCC(=O)NCc1ccc2c(c1)nc(C)n2C1CC1. The van der Waals surface area contributed by atoms with Crippen molar-refractivity contribution in [2.45, 2.75) is 32.4 Å². The Morgan fingerprint density at radius 3 is 2.95 bits per heavy atom. The number of amides is 1. The van der Waals surface area contributed by atoms with E-state index in [0.29, 0.717) is 19.1 Å². The van der Waals surface area contributed by atoms with Crippen LogP contribution in [0, 0.1) is 6.92 Å². The molecule has 2 aromatic rings. The fraction of sp³-hybridized carbons (Fsp3) is 0.467. The number of fused-ring (bicyclic) bond motifs is 1. The summed E-state index contributed by atoms with van der Waals surface area (Å²) in [4.78, 5) is 16.1. The number of nitrogens with one attached hydrogen (secondary N) is 2. The van der Waals surface area contributed by atoms with Crippen LogP contribution < -0.4 is 10.6 Å². The maximum Gasteiger partial charge on any atom is 0.234 e. The van der Waals surface area contributed by atoms with Crippen molar-refractivity contribution in [1.82, 2.24) is 20.2 Å². The van der Waals surface area contributed by atoms with Crippen molar-refractivity contribution in [3.8, 4) is 0 Å². The van der Waals surface area contributed by atoms with E-state index in [1.54, 1.807) is 7.05 Å². The molecule has 1 heterocycles. The fourth-order valence-corrected chi connectivity index (χ4v) is 2.59. The van der Waals surface area contributed by atoms with Gasteiger partial charge in [0.15, 0.2) is 0 Å². The summed E-state index contributed by atoms with van der Waals surface area (Å²) < 4.78 is 2.33. The van der Waals surface area contributed by atoms with Crippen LogP contribution in [0.3, 0.4) is 0 Å². The number of hydrogen-bond donors (Lipinski definition) is 2. The Bertz CT molecular complexity index is 643. The van der Waals surface area contributed by atoms with Gasteiger partial charge in [0.1, 0.15) is 5.82 Å². The summed E-state index contributed by atoms with van der Waals surface area (Å²) in [6.07, 6.45) is 2.52. The molecule has 0 bridgehead atoms. The summed E-state index contributed by atoms with van der Waals surface area (Å²) in [7, 11) is 1.76. The summed E-state index contributed by atoms with van der Waals surface area (Å²) in [5.74, 6) is 1.09. The molecule has 1 fully saturated rings. The first kappa shape index (κ1) is 13.1. The number of carbonyl (C=O) groups is 1. The molecule has 3 rings (SSSR count). The van der Waals surface area contributed by atoms with Gasteiger partial charge in [-0.3, -0.25) is 4.79 Å². The molecule has 1 aromatic heterocycles. The van der Waals surface area contributed by atoms with Gasteiger partial charge < -0.3 is 15.2 Å². The van der Waals surface area contributed by atoms with Gasteiger partial charge in [0, 0.05) is 12.6 Å². The highest BCUT2D eigenvalue weighted by molar-refractivity contribution is 5.79. The van der Waals surface area contributed by atoms with Crippen LogP contribution in [-0.2, 0) is 11.3 Å². The van der Waals surface area contributed by atoms with E-state index in [2.05, 4.69) is 45.3 Å². The zero-order chi connectivity index (χ0) is 14.1. The lowest BCUT2D eigenvalue weighted by molar-refractivity contribution is -0.120. The zero-order valence-electron chi connectivity index (χ0n) is 11.9.